The van der Waals surface area contributed by atoms with E-state index >= 15 is 0 Å². The Kier molecular flexibility index (Phi) is 6.61. The first-order valence-corrected chi connectivity index (χ1v) is 9.69. The van der Waals surface area contributed by atoms with E-state index in [0.717, 1.165) is 29.7 Å². The molecule has 3 rings (SSSR count). The first kappa shape index (κ1) is 20.5. The van der Waals surface area contributed by atoms with Crippen molar-refractivity contribution in [2.75, 3.05) is 19.7 Å². The summed E-state index contributed by atoms with van der Waals surface area (Å²) in [4.78, 5) is 12.7. The van der Waals surface area contributed by atoms with E-state index in [1.165, 1.54) is 0 Å². The normalized spacial score (nSPS) is 20.0. The number of carbonyl (C=O) groups excluding carboxylic acids is 1. The van der Waals surface area contributed by atoms with E-state index in [0.29, 0.717) is 25.1 Å². The van der Waals surface area contributed by atoms with Crippen molar-refractivity contribution in [3.8, 4) is 23.3 Å². The molecule has 1 unspecified atom stereocenters. The Morgan fingerprint density at radius 2 is 1.83 bits per heavy atom. The Morgan fingerprint density at radius 3 is 2.45 bits per heavy atom. The van der Waals surface area contributed by atoms with E-state index in [1.54, 1.807) is 19.1 Å². The van der Waals surface area contributed by atoms with E-state index in [-0.39, 0.29) is 5.91 Å². The summed E-state index contributed by atoms with van der Waals surface area (Å²) in [5.41, 5.74) is 2.66. The number of hydrogen-bond donors (Lipinski definition) is 2. The van der Waals surface area contributed by atoms with Gasteiger partial charge < -0.3 is 15.4 Å². The molecule has 0 aromatic heterocycles. The minimum atomic E-state index is -0.967. The second kappa shape index (κ2) is 9.34. The van der Waals surface area contributed by atoms with Gasteiger partial charge in [0.25, 0.3) is 5.91 Å². The third-order valence-corrected chi connectivity index (χ3v) is 5.06. The lowest BCUT2D eigenvalue weighted by Crippen LogP contribution is -2.54. The number of nitrogens with zero attached hydrogens (tertiary/aromatic N) is 2. The summed E-state index contributed by atoms with van der Waals surface area (Å²) in [5, 5.41) is 24.4. The summed E-state index contributed by atoms with van der Waals surface area (Å²) in [6.45, 7) is 3.51. The van der Waals surface area contributed by atoms with Crippen LogP contribution < -0.4 is 10.6 Å². The predicted octanol–water partition coefficient (Wildman–Crippen LogP) is 2.54. The average Bonchev–Trinajstić information content (AvgIpc) is 2.99. The lowest BCUT2D eigenvalue weighted by atomic mass is 9.99. The highest BCUT2D eigenvalue weighted by Gasteiger charge is 2.36. The van der Waals surface area contributed by atoms with Gasteiger partial charge in [0.2, 0.25) is 0 Å². The van der Waals surface area contributed by atoms with Crippen LogP contribution in [0.5, 0.6) is 0 Å². The first-order chi connectivity index (χ1) is 14.0. The van der Waals surface area contributed by atoms with E-state index in [4.69, 9.17) is 10.00 Å². The Labute approximate surface area is 171 Å². The lowest BCUT2D eigenvalue weighted by molar-refractivity contribution is -0.143. The van der Waals surface area contributed by atoms with Crippen molar-refractivity contribution < 1.29 is 9.53 Å². The number of nitriles is 2. The van der Waals surface area contributed by atoms with Crippen LogP contribution in [-0.2, 0) is 16.0 Å². The maximum atomic E-state index is 12.7. The third-order valence-electron chi connectivity index (χ3n) is 5.06. The molecule has 2 atom stereocenters. The topological polar surface area (TPSA) is 97.9 Å². The minimum absolute atomic E-state index is 0.271. The molecule has 1 heterocycles. The van der Waals surface area contributed by atoms with Crippen molar-refractivity contribution in [2.45, 2.75) is 31.4 Å². The molecular weight excluding hydrogens is 364 g/mol. The zero-order valence-corrected chi connectivity index (χ0v) is 16.4. The summed E-state index contributed by atoms with van der Waals surface area (Å²) in [5.74, 6) is -0.271. The third kappa shape index (κ3) is 5.20. The van der Waals surface area contributed by atoms with Gasteiger partial charge in [0.05, 0.1) is 17.7 Å². The molecular formula is C23H24N4O2. The Bertz CT molecular complexity index is 915. The fourth-order valence-corrected chi connectivity index (χ4v) is 3.26. The molecule has 1 saturated heterocycles. The van der Waals surface area contributed by atoms with Gasteiger partial charge in [0.1, 0.15) is 6.04 Å². The molecule has 2 aromatic carbocycles. The van der Waals surface area contributed by atoms with Crippen LogP contribution in [0.2, 0.25) is 0 Å². The molecule has 6 nitrogen and oxygen atoms in total. The van der Waals surface area contributed by atoms with Crippen LogP contribution in [0.25, 0.3) is 11.1 Å². The highest BCUT2D eigenvalue weighted by Crippen LogP contribution is 2.21. The molecule has 6 heteroatoms. The predicted molar refractivity (Wildman–Crippen MR) is 110 cm³/mol. The molecule has 0 saturated carbocycles. The minimum Gasteiger partial charge on any atom is -0.364 e. The maximum absolute atomic E-state index is 12.7. The molecule has 1 aliphatic rings. The SMILES string of the molecule is CC1(C(=O)N[C@H](C#N)Cc2ccc(-c3ccc(C#N)cc3)cc2)CNCCCO1. The van der Waals surface area contributed by atoms with E-state index < -0.39 is 11.6 Å². The number of hydrogen-bond acceptors (Lipinski definition) is 5. The van der Waals surface area contributed by atoms with Crippen LogP contribution >= 0.6 is 0 Å². The number of benzene rings is 2. The molecule has 1 fully saturated rings. The van der Waals surface area contributed by atoms with Crippen LogP contribution in [0.15, 0.2) is 48.5 Å². The van der Waals surface area contributed by atoms with E-state index in [2.05, 4.69) is 22.8 Å². The average molecular weight is 388 g/mol. The van der Waals surface area contributed by atoms with Crippen molar-refractivity contribution in [1.82, 2.24) is 10.6 Å². The summed E-state index contributed by atoms with van der Waals surface area (Å²) in [7, 11) is 0. The van der Waals surface area contributed by atoms with E-state index in [9.17, 15) is 10.1 Å². The van der Waals surface area contributed by atoms with Crippen molar-refractivity contribution in [3.63, 3.8) is 0 Å². The summed E-state index contributed by atoms with van der Waals surface area (Å²) >= 11 is 0. The number of rotatable bonds is 5. The molecule has 29 heavy (non-hydrogen) atoms. The van der Waals surface area contributed by atoms with Crippen LogP contribution in [0.4, 0.5) is 0 Å². The zero-order valence-electron chi connectivity index (χ0n) is 16.4. The van der Waals surface area contributed by atoms with Gasteiger partial charge in [-0.2, -0.15) is 10.5 Å². The quantitative estimate of drug-likeness (QED) is 0.820. The highest BCUT2D eigenvalue weighted by molar-refractivity contribution is 5.85. The van der Waals surface area contributed by atoms with Gasteiger partial charge in [-0.05, 0) is 48.7 Å². The molecule has 148 valence electrons. The molecule has 2 N–H and O–H groups in total. The molecule has 0 aliphatic carbocycles. The number of amides is 1. The maximum Gasteiger partial charge on any atom is 0.254 e. The van der Waals surface area contributed by atoms with Crippen molar-refractivity contribution >= 4 is 5.91 Å². The number of nitrogens with one attached hydrogen (secondary N) is 2. The number of ether oxygens (including phenoxy) is 1. The second-order valence-electron chi connectivity index (χ2n) is 7.35. The van der Waals surface area contributed by atoms with Gasteiger partial charge in [0, 0.05) is 19.6 Å². The highest BCUT2D eigenvalue weighted by atomic mass is 16.5. The largest absolute Gasteiger partial charge is 0.364 e. The van der Waals surface area contributed by atoms with Crippen LogP contribution in [0.1, 0.15) is 24.5 Å². The zero-order chi connectivity index (χ0) is 20.7. The summed E-state index contributed by atoms with van der Waals surface area (Å²) in [6.07, 6.45) is 1.27. The molecule has 0 spiro atoms. The van der Waals surface area contributed by atoms with Crippen LogP contribution in [0.3, 0.4) is 0 Å². The fraction of sp³-hybridized carbons (Fsp3) is 0.348. The van der Waals surface area contributed by atoms with Crippen LogP contribution in [-0.4, -0.2) is 37.2 Å². The van der Waals surface area contributed by atoms with Crippen molar-refractivity contribution in [1.29, 1.82) is 10.5 Å². The number of carbonyl (C=O) groups is 1. The Balaban J connectivity index is 1.63. The monoisotopic (exact) mass is 388 g/mol. The summed E-state index contributed by atoms with van der Waals surface area (Å²) < 4.78 is 5.72. The van der Waals surface area contributed by atoms with Gasteiger partial charge in [-0.3, -0.25) is 4.79 Å². The van der Waals surface area contributed by atoms with E-state index in [1.807, 2.05) is 36.4 Å². The summed E-state index contributed by atoms with van der Waals surface area (Å²) in [6, 6.07) is 18.9. The molecule has 1 amide bonds. The molecule has 2 aromatic rings. The smallest absolute Gasteiger partial charge is 0.254 e. The molecule has 1 aliphatic heterocycles. The molecule has 0 radical (unpaired) electrons. The van der Waals surface area contributed by atoms with Crippen LogP contribution in [0, 0.1) is 22.7 Å². The van der Waals surface area contributed by atoms with Gasteiger partial charge in [-0.15, -0.1) is 0 Å². The molecule has 0 bridgehead atoms. The standard InChI is InChI=1S/C23H24N4O2/c1-23(16-26-11-2-12-29-23)22(28)27-21(15-25)13-17-3-7-19(8-4-17)20-9-5-18(14-24)6-10-20/h3-10,21,26H,2,11-13,16H2,1H3,(H,27,28)/t21-,23?/m0/s1. The first-order valence-electron chi connectivity index (χ1n) is 9.69. The Morgan fingerprint density at radius 1 is 1.17 bits per heavy atom. The Hall–Kier alpha value is -3.19. The van der Waals surface area contributed by atoms with Crippen molar-refractivity contribution in [3.05, 3.63) is 59.7 Å². The lowest BCUT2D eigenvalue weighted by Gasteiger charge is -2.28. The van der Waals surface area contributed by atoms with Gasteiger partial charge in [-0.25, -0.2) is 0 Å². The fourth-order valence-electron chi connectivity index (χ4n) is 3.26. The van der Waals surface area contributed by atoms with Crippen molar-refractivity contribution in [2.24, 2.45) is 0 Å². The van der Waals surface area contributed by atoms with Gasteiger partial charge in [0.15, 0.2) is 5.60 Å². The van der Waals surface area contributed by atoms with Gasteiger partial charge in [-0.1, -0.05) is 36.4 Å². The second-order valence-corrected chi connectivity index (χ2v) is 7.35. The van der Waals surface area contributed by atoms with Gasteiger partial charge >= 0.3 is 0 Å².